The highest BCUT2D eigenvalue weighted by molar-refractivity contribution is 9.10. The standard InChI is InChI=1S/C14H19BrN2O3/c1-8(2)6-12(13(18)19)17-14(20)16-10-5-4-9(3)11(15)7-10/h4-5,7-8,12H,6H2,1-3H3,(H,18,19)(H2,16,17,20). The van der Waals surface area contributed by atoms with Gasteiger partial charge in [-0.3, -0.25) is 0 Å². The number of carboxylic acids is 1. The number of halogens is 1. The molecule has 6 heteroatoms. The summed E-state index contributed by atoms with van der Waals surface area (Å²) in [5.41, 5.74) is 1.66. The Morgan fingerprint density at radius 2 is 2.00 bits per heavy atom. The van der Waals surface area contributed by atoms with Crippen molar-refractivity contribution < 1.29 is 14.7 Å². The Bertz CT molecular complexity index is 503. The number of nitrogens with one attached hydrogen (secondary N) is 2. The summed E-state index contributed by atoms with van der Waals surface area (Å²) in [6, 6.07) is 3.99. The molecule has 0 spiro atoms. The summed E-state index contributed by atoms with van der Waals surface area (Å²) in [6.45, 7) is 5.76. The quantitative estimate of drug-likeness (QED) is 0.767. The van der Waals surface area contributed by atoms with Gasteiger partial charge in [0.25, 0.3) is 0 Å². The highest BCUT2D eigenvalue weighted by Gasteiger charge is 2.21. The number of urea groups is 1. The second kappa shape index (κ2) is 7.28. The van der Waals surface area contributed by atoms with Crippen LogP contribution in [0.1, 0.15) is 25.8 Å². The van der Waals surface area contributed by atoms with Crippen molar-refractivity contribution in [2.24, 2.45) is 5.92 Å². The van der Waals surface area contributed by atoms with E-state index in [0.717, 1.165) is 10.0 Å². The van der Waals surface area contributed by atoms with Gasteiger partial charge in [0.1, 0.15) is 6.04 Å². The maximum atomic E-state index is 11.8. The van der Waals surface area contributed by atoms with Crippen molar-refractivity contribution in [3.05, 3.63) is 28.2 Å². The number of carbonyl (C=O) groups excluding carboxylic acids is 1. The van der Waals surface area contributed by atoms with E-state index in [1.807, 2.05) is 26.8 Å². The monoisotopic (exact) mass is 342 g/mol. The van der Waals surface area contributed by atoms with Crippen LogP contribution in [-0.4, -0.2) is 23.1 Å². The van der Waals surface area contributed by atoms with E-state index < -0.39 is 18.0 Å². The predicted molar refractivity (Wildman–Crippen MR) is 81.9 cm³/mol. The molecule has 1 atom stereocenters. The van der Waals surface area contributed by atoms with Crippen LogP contribution in [0.5, 0.6) is 0 Å². The molecule has 1 rings (SSSR count). The lowest BCUT2D eigenvalue weighted by molar-refractivity contribution is -0.139. The van der Waals surface area contributed by atoms with Gasteiger partial charge in [-0.2, -0.15) is 0 Å². The van der Waals surface area contributed by atoms with E-state index in [1.165, 1.54) is 0 Å². The molecule has 5 nitrogen and oxygen atoms in total. The number of rotatable bonds is 5. The first-order valence-electron chi connectivity index (χ1n) is 6.36. The van der Waals surface area contributed by atoms with Crippen molar-refractivity contribution >= 4 is 33.6 Å². The van der Waals surface area contributed by atoms with Crippen molar-refractivity contribution in [3.8, 4) is 0 Å². The molecule has 110 valence electrons. The van der Waals surface area contributed by atoms with E-state index >= 15 is 0 Å². The Morgan fingerprint density at radius 3 is 2.50 bits per heavy atom. The summed E-state index contributed by atoms with van der Waals surface area (Å²) >= 11 is 3.38. The third-order valence-corrected chi connectivity index (χ3v) is 3.59. The molecule has 1 aromatic rings. The van der Waals surface area contributed by atoms with Gasteiger partial charge in [0.05, 0.1) is 0 Å². The van der Waals surface area contributed by atoms with Crippen LogP contribution in [0.4, 0.5) is 10.5 Å². The first kappa shape index (κ1) is 16.5. The van der Waals surface area contributed by atoms with Gasteiger partial charge in [-0.1, -0.05) is 35.8 Å². The molecule has 0 aromatic heterocycles. The molecule has 0 saturated heterocycles. The number of carboxylic acid groups (broad SMARTS) is 1. The average molecular weight is 343 g/mol. The Kier molecular flexibility index (Phi) is 6.01. The fourth-order valence-corrected chi connectivity index (χ4v) is 2.07. The maximum Gasteiger partial charge on any atom is 0.326 e. The van der Waals surface area contributed by atoms with Gasteiger partial charge in [0.15, 0.2) is 0 Å². The van der Waals surface area contributed by atoms with Crippen molar-refractivity contribution in [2.45, 2.75) is 33.2 Å². The summed E-state index contributed by atoms with van der Waals surface area (Å²) in [6.07, 6.45) is 0.389. The first-order valence-corrected chi connectivity index (χ1v) is 7.15. The summed E-state index contributed by atoms with van der Waals surface area (Å²) < 4.78 is 0.882. The third-order valence-electron chi connectivity index (χ3n) is 2.74. The molecule has 0 fully saturated rings. The van der Waals surface area contributed by atoms with Gasteiger partial charge in [-0.25, -0.2) is 9.59 Å². The first-order chi connectivity index (χ1) is 9.29. The van der Waals surface area contributed by atoms with Gasteiger partial charge in [-0.15, -0.1) is 0 Å². The van der Waals surface area contributed by atoms with E-state index in [1.54, 1.807) is 12.1 Å². The predicted octanol–water partition coefficient (Wildman–Crippen LogP) is 3.38. The van der Waals surface area contributed by atoms with Crippen LogP contribution in [0.3, 0.4) is 0 Å². The van der Waals surface area contributed by atoms with Crippen LogP contribution < -0.4 is 10.6 Å². The van der Waals surface area contributed by atoms with Gasteiger partial charge >= 0.3 is 12.0 Å². The second-order valence-corrected chi connectivity index (χ2v) is 5.94. The zero-order chi connectivity index (χ0) is 15.3. The molecular formula is C14H19BrN2O3. The topological polar surface area (TPSA) is 78.4 Å². The van der Waals surface area contributed by atoms with Crippen LogP contribution in [-0.2, 0) is 4.79 Å². The zero-order valence-corrected chi connectivity index (χ0v) is 13.3. The van der Waals surface area contributed by atoms with Crippen LogP contribution >= 0.6 is 15.9 Å². The Balaban J connectivity index is 2.65. The summed E-state index contributed by atoms with van der Waals surface area (Å²) in [5, 5.41) is 14.2. The van der Waals surface area contributed by atoms with Gasteiger partial charge in [0.2, 0.25) is 0 Å². The maximum absolute atomic E-state index is 11.8. The molecular weight excluding hydrogens is 324 g/mol. The van der Waals surface area contributed by atoms with Crippen molar-refractivity contribution in [3.63, 3.8) is 0 Å². The fourth-order valence-electron chi connectivity index (χ4n) is 1.69. The number of amides is 2. The summed E-state index contributed by atoms with van der Waals surface area (Å²) in [4.78, 5) is 22.9. The van der Waals surface area contributed by atoms with Gasteiger partial charge in [0, 0.05) is 10.2 Å². The number of anilines is 1. The lowest BCUT2D eigenvalue weighted by Crippen LogP contribution is -2.43. The van der Waals surface area contributed by atoms with Gasteiger partial charge in [-0.05, 0) is 37.0 Å². The number of hydrogen-bond acceptors (Lipinski definition) is 2. The number of hydrogen-bond donors (Lipinski definition) is 3. The highest BCUT2D eigenvalue weighted by Crippen LogP contribution is 2.20. The lowest BCUT2D eigenvalue weighted by atomic mass is 10.0. The molecule has 0 saturated carbocycles. The van der Waals surface area contributed by atoms with Crippen molar-refractivity contribution in [1.29, 1.82) is 0 Å². The minimum atomic E-state index is -1.03. The van der Waals surface area contributed by atoms with E-state index in [4.69, 9.17) is 5.11 Å². The number of benzene rings is 1. The molecule has 0 bridgehead atoms. The van der Waals surface area contributed by atoms with Crippen LogP contribution in [0, 0.1) is 12.8 Å². The lowest BCUT2D eigenvalue weighted by Gasteiger charge is -2.17. The number of aliphatic carboxylic acids is 1. The smallest absolute Gasteiger partial charge is 0.326 e. The molecule has 0 radical (unpaired) electrons. The fraction of sp³-hybridized carbons (Fsp3) is 0.429. The SMILES string of the molecule is Cc1ccc(NC(=O)NC(CC(C)C)C(=O)O)cc1Br. The molecule has 0 aliphatic heterocycles. The third kappa shape index (κ3) is 5.21. The van der Waals surface area contributed by atoms with Crippen molar-refractivity contribution in [2.75, 3.05) is 5.32 Å². The van der Waals surface area contributed by atoms with Crippen molar-refractivity contribution in [1.82, 2.24) is 5.32 Å². The largest absolute Gasteiger partial charge is 0.480 e. The second-order valence-electron chi connectivity index (χ2n) is 5.08. The summed E-state index contributed by atoms with van der Waals surface area (Å²) in [5.74, 6) is -0.844. The average Bonchev–Trinajstić information content (AvgIpc) is 2.32. The molecule has 20 heavy (non-hydrogen) atoms. The van der Waals surface area contributed by atoms with E-state index in [2.05, 4.69) is 26.6 Å². The van der Waals surface area contributed by atoms with Crippen LogP contribution in [0.15, 0.2) is 22.7 Å². The van der Waals surface area contributed by atoms with E-state index in [-0.39, 0.29) is 5.92 Å². The Labute approximate surface area is 126 Å². The summed E-state index contributed by atoms with van der Waals surface area (Å²) in [7, 11) is 0. The Morgan fingerprint density at radius 1 is 1.35 bits per heavy atom. The zero-order valence-electron chi connectivity index (χ0n) is 11.7. The van der Waals surface area contributed by atoms with Gasteiger partial charge < -0.3 is 15.7 Å². The number of carbonyl (C=O) groups is 2. The normalized spacial score (nSPS) is 12.1. The molecule has 0 heterocycles. The van der Waals surface area contributed by atoms with Crippen LogP contribution in [0.2, 0.25) is 0 Å². The molecule has 1 aromatic carbocycles. The van der Waals surface area contributed by atoms with E-state index in [9.17, 15) is 9.59 Å². The number of aryl methyl sites for hydroxylation is 1. The van der Waals surface area contributed by atoms with E-state index in [0.29, 0.717) is 12.1 Å². The Hall–Kier alpha value is -1.56. The molecule has 0 aliphatic rings. The minimum Gasteiger partial charge on any atom is -0.480 e. The van der Waals surface area contributed by atoms with Crippen LogP contribution in [0.25, 0.3) is 0 Å². The molecule has 2 amide bonds. The minimum absolute atomic E-state index is 0.185. The molecule has 3 N–H and O–H groups in total. The molecule has 0 aliphatic carbocycles. The molecule has 1 unspecified atom stereocenters. The highest BCUT2D eigenvalue weighted by atomic mass is 79.9.